The Morgan fingerprint density at radius 2 is 1.89 bits per heavy atom. The SMILES string of the molecule is CCN1CCN(c2ccc(Nc3cc(-c4ccc5c(C(C)O)cn(C)c5c4)c(Cl)n4ccnc34)nc2)CC1. The first-order chi connectivity index (χ1) is 18.4. The fraction of sp³-hybridized carbons (Fsp3) is 0.310. The number of aliphatic hydroxyl groups is 1. The van der Waals surface area contributed by atoms with Crippen LogP contribution in [0.2, 0.25) is 5.15 Å². The highest BCUT2D eigenvalue weighted by atomic mass is 35.5. The van der Waals surface area contributed by atoms with Gasteiger partial charge < -0.3 is 24.8 Å². The molecule has 5 aromatic rings. The Hall–Kier alpha value is -3.59. The molecule has 0 saturated carbocycles. The number of hydrogen-bond donors (Lipinski definition) is 2. The first-order valence-corrected chi connectivity index (χ1v) is 13.4. The summed E-state index contributed by atoms with van der Waals surface area (Å²) in [6.45, 7) is 9.29. The van der Waals surface area contributed by atoms with Crippen molar-refractivity contribution in [3.05, 3.63) is 71.9 Å². The van der Waals surface area contributed by atoms with Crippen LogP contribution in [-0.4, -0.2) is 61.7 Å². The summed E-state index contributed by atoms with van der Waals surface area (Å²) in [5, 5.41) is 15.3. The summed E-state index contributed by atoms with van der Waals surface area (Å²) in [6.07, 6.45) is 6.99. The van der Waals surface area contributed by atoms with E-state index in [1.165, 1.54) is 0 Å². The van der Waals surface area contributed by atoms with Crippen molar-refractivity contribution < 1.29 is 5.11 Å². The number of nitrogens with one attached hydrogen (secondary N) is 1. The van der Waals surface area contributed by atoms with E-state index in [4.69, 9.17) is 16.6 Å². The Balaban J connectivity index is 1.33. The Morgan fingerprint density at radius 1 is 1.08 bits per heavy atom. The Labute approximate surface area is 227 Å². The average molecular weight is 530 g/mol. The van der Waals surface area contributed by atoms with Gasteiger partial charge in [0.25, 0.3) is 0 Å². The van der Waals surface area contributed by atoms with E-state index in [1.54, 1.807) is 13.1 Å². The van der Waals surface area contributed by atoms with Gasteiger partial charge in [0.2, 0.25) is 0 Å². The zero-order chi connectivity index (χ0) is 26.4. The van der Waals surface area contributed by atoms with Crippen molar-refractivity contribution >= 4 is 45.3 Å². The zero-order valence-electron chi connectivity index (χ0n) is 21.9. The lowest BCUT2D eigenvalue weighted by Crippen LogP contribution is -2.46. The lowest BCUT2D eigenvalue weighted by molar-refractivity contribution is 0.200. The number of aromatic nitrogens is 4. The second kappa shape index (κ2) is 9.94. The van der Waals surface area contributed by atoms with Crippen LogP contribution in [0.4, 0.5) is 17.2 Å². The second-order valence-electron chi connectivity index (χ2n) is 9.93. The number of hydrogen-bond acceptors (Lipinski definition) is 6. The Kier molecular flexibility index (Phi) is 6.47. The molecular formula is C29H32ClN7O. The molecule has 6 rings (SSSR count). The number of pyridine rings is 2. The number of aryl methyl sites for hydroxylation is 1. The van der Waals surface area contributed by atoms with Crippen molar-refractivity contribution in [1.29, 1.82) is 0 Å². The van der Waals surface area contributed by atoms with E-state index in [0.717, 1.165) is 83.2 Å². The molecule has 8 nitrogen and oxygen atoms in total. The van der Waals surface area contributed by atoms with Gasteiger partial charge in [0.05, 0.1) is 23.7 Å². The zero-order valence-corrected chi connectivity index (χ0v) is 22.7. The van der Waals surface area contributed by atoms with Crippen LogP contribution in [0.15, 0.2) is 61.2 Å². The predicted octanol–water partition coefficient (Wildman–Crippen LogP) is 5.48. The fourth-order valence-corrected chi connectivity index (χ4v) is 5.68. The molecule has 1 aliphatic rings. The third-order valence-corrected chi connectivity index (χ3v) is 7.97. The summed E-state index contributed by atoms with van der Waals surface area (Å²) < 4.78 is 3.93. The third kappa shape index (κ3) is 4.38. The van der Waals surface area contributed by atoms with E-state index < -0.39 is 6.10 Å². The van der Waals surface area contributed by atoms with Crippen molar-refractivity contribution in [3.63, 3.8) is 0 Å². The molecule has 4 aromatic heterocycles. The van der Waals surface area contributed by atoms with Gasteiger partial charge >= 0.3 is 0 Å². The topological polar surface area (TPSA) is 73.9 Å². The first-order valence-electron chi connectivity index (χ1n) is 13.1. The lowest BCUT2D eigenvalue weighted by Gasteiger charge is -2.35. The van der Waals surface area contributed by atoms with E-state index in [1.807, 2.05) is 52.8 Å². The van der Waals surface area contributed by atoms with Crippen molar-refractivity contribution in [2.45, 2.75) is 20.0 Å². The molecule has 9 heteroatoms. The normalized spacial score (nSPS) is 15.4. The molecule has 1 saturated heterocycles. The minimum Gasteiger partial charge on any atom is -0.389 e. The molecule has 196 valence electrons. The van der Waals surface area contributed by atoms with Crippen molar-refractivity contribution in [1.82, 2.24) is 23.8 Å². The van der Waals surface area contributed by atoms with Crippen molar-refractivity contribution in [2.75, 3.05) is 42.9 Å². The van der Waals surface area contributed by atoms with E-state index in [0.29, 0.717) is 5.15 Å². The Bertz CT molecular complexity index is 1600. The summed E-state index contributed by atoms with van der Waals surface area (Å²) in [4.78, 5) is 14.1. The number of imidazole rings is 1. The fourth-order valence-electron chi connectivity index (χ4n) is 5.38. The van der Waals surface area contributed by atoms with Crippen LogP contribution < -0.4 is 10.2 Å². The molecule has 38 heavy (non-hydrogen) atoms. The number of benzene rings is 1. The van der Waals surface area contributed by atoms with Gasteiger partial charge in [-0.05, 0) is 43.3 Å². The van der Waals surface area contributed by atoms with Gasteiger partial charge in [0.15, 0.2) is 5.65 Å². The quantitative estimate of drug-likeness (QED) is 0.284. The number of rotatable bonds is 6. The summed E-state index contributed by atoms with van der Waals surface area (Å²) in [7, 11) is 1.99. The maximum Gasteiger partial charge on any atom is 0.161 e. The highest BCUT2D eigenvalue weighted by Gasteiger charge is 2.18. The number of piperazine rings is 1. The maximum absolute atomic E-state index is 10.2. The predicted molar refractivity (Wildman–Crippen MR) is 155 cm³/mol. The molecule has 0 amide bonds. The Morgan fingerprint density at radius 3 is 2.61 bits per heavy atom. The molecule has 0 radical (unpaired) electrons. The highest BCUT2D eigenvalue weighted by molar-refractivity contribution is 6.32. The molecule has 1 unspecified atom stereocenters. The summed E-state index contributed by atoms with van der Waals surface area (Å²) in [5.41, 5.74) is 6.50. The van der Waals surface area contributed by atoms with Crippen LogP contribution in [-0.2, 0) is 7.05 Å². The van der Waals surface area contributed by atoms with Gasteiger partial charge in [-0.15, -0.1) is 0 Å². The van der Waals surface area contributed by atoms with Crippen LogP contribution in [0.5, 0.6) is 0 Å². The second-order valence-corrected chi connectivity index (χ2v) is 10.3. The summed E-state index contributed by atoms with van der Waals surface area (Å²) in [6, 6.07) is 12.4. The number of anilines is 3. The van der Waals surface area contributed by atoms with Crippen LogP contribution in [0, 0.1) is 0 Å². The van der Waals surface area contributed by atoms with Gasteiger partial charge in [-0.3, -0.25) is 4.40 Å². The van der Waals surface area contributed by atoms with E-state index in [2.05, 4.69) is 45.2 Å². The third-order valence-electron chi connectivity index (χ3n) is 7.58. The van der Waals surface area contributed by atoms with Crippen molar-refractivity contribution in [2.24, 2.45) is 7.05 Å². The molecule has 1 atom stereocenters. The molecule has 1 aromatic carbocycles. The minimum atomic E-state index is -0.536. The number of halogens is 1. The molecule has 5 heterocycles. The monoisotopic (exact) mass is 529 g/mol. The molecule has 1 aliphatic heterocycles. The van der Waals surface area contributed by atoms with E-state index in [9.17, 15) is 5.11 Å². The smallest absolute Gasteiger partial charge is 0.161 e. The molecule has 2 N–H and O–H groups in total. The average Bonchev–Trinajstić information content (AvgIpc) is 3.56. The molecule has 0 spiro atoms. The maximum atomic E-state index is 10.2. The van der Waals surface area contributed by atoms with E-state index in [-0.39, 0.29) is 0 Å². The lowest BCUT2D eigenvalue weighted by atomic mass is 10.0. The minimum absolute atomic E-state index is 0.536. The summed E-state index contributed by atoms with van der Waals surface area (Å²) >= 11 is 6.89. The molecule has 0 bridgehead atoms. The summed E-state index contributed by atoms with van der Waals surface area (Å²) in [5.74, 6) is 0.749. The van der Waals surface area contributed by atoms with Gasteiger partial charge in [-0.2, -0.15) is 0 Å². The highest BCUT2D eigenvalue weighted by Crippen LogP contribution is 2.37. The van der Waals surface area contributed by atoms with Crippen LogP contribution >= 0.6 is 11.6 Å². The van der Waals surface area contributed by atoms with Gasteiger partial charge in [-0.1, -0.05) is 30.7 Å². The van der Waals surface area contributed by atoms with Gasteiger partial charge in [0, 0.05) is 73.8 Å². The van der Waals surface area contributed by atoms with Crippen LogP contribution in [0.3, 0.4) is 0 Å². The largest absolute Gasteiger partial charge is 0.389 e. The molecule has 0 aliphatic carbocycles. The van der Waals surface area contributed by atoms with Crippen LogP contribution in [0.25, 0.3) is 27.7 Å². The number of fused-ring (bicyclic) bond motifs is 2. The molecular weight excluding hydrogens is 498 g/mol. The standard InChI is InChI=1S/C29H32ClN7O/c1-4-35-11-13-36(14-12-35)21-6-8-27(32-17-21)33-25-16-23(28(30)37-10-9-31-29(25)37)20-5-7-22-24(19(2)38)18-34(3)26(22)15-20/h5-10,15-19,38H,4,11-14H2,1-3H3,(H,32,33). The molecule has 1 fully saturated rings. The van der Waals surface area contributed by atoms with Gasteiger partial charge in [-0.25, -0.2) is 9.97 Å². The van der Waals surface area contributed by atoms with Gasteiger partial charge in [0.1, 0.15) is 11.0 Å². The first kappa shape index (κ1) is 24.7. The number of aliphatic hydroxyl groups excluding tert-OH is 1. The number of nitrogens with zero attached hydrogens (tertiary/aromatic N) is 6. The van der Waals surface area contributed by atoms with Crippen molar-refractivity contribution in [3.8, 4) is 11.1 Å². The number of likely N-dealkylation sites (N-methyl/N-ethyl adjacent to an activating group) is 1. The van der Waals surface area contributed by atoms with Crippen LogP contribution in [0.1, 0.15) is 25.5 Å². The van der Waals surface area contributed by atoms with E-state index >= 15 is 0 Å².